The lowest BCUT2D eigenvalue weighted by molar-refractivity contribution is -0.127. The van der Waals surface area contributed by atoms with E-state index < -0.39 is 5.91 Å². The Labute approximate surface area is 114 Å². The summed E-state index contributed by atoms with van der Waals surface area (Å²) in [6.07, 6.45) is 3.53. The number of nitriles is 1. The predicted molar refractivity (Wildman–Crippen MR) is 72.0 cm³/mol. The fourth-order valence-electron chi connectivity index (χ4n) is 1.55. The van der Waals surface area contributed by atoms with Crippen LogP contribution in [0.25, 0.3) is 0 Å². The van der Waals surface area contributed by atoms with Crippen LogP contribution in [0.2, 0.25) is 0 Å². The Hall–Kier alpha value is -1.58. The molecule has 0 aromatic heterocycles. The Morgan fingerprint density at radius 3 is 2.26 bits per heavy atom. The molecule has 0 saturated carbocycles. The number of amides is 1. The molecule has 6 heteroatoms. The summed E-state index contributed by atoms with van der Waals surface area (Å²) in [6, 6.07) is 1.87. The zero-order chi connectivity index (χ0) is 14.7. The maximum absolute atomic E-state index is 12.0. The molecule has 0 aliphatic carbocycles. The first-order valence-electron chi connectivity index (χ1n) is 6.43. The number of nitrogens with zero attached hydrogens (tertiary/aromatic N) is 3. The summed E-state index contributed by atoms with van der Waals surface area (Å²) in [4.78, 5) is 15.1. The van der Waals surface area contributed by atoms with E-state index in [0.717, 1.165) is 19.4 Å². The van der Waals surface area contributed by atoms with Crippen LogP contribution < -0.4 is 0 Å². The van der Waals surface area contributed by atoms with E-state index in [4.69, 9.17) is 15.5 Å². The van der Waals surface area contributed by atoms with Crippen LogP contribution in [0.1, 0.15) is 19.8 Å². The zero-order valence-electron chi connectivity index (χ0n) is 11.7. The van der Waals surface area contributed by atoms with Gasteiger partial charge in [-0.15, -0.1) is 0 Å². The third-order valence-corrected chi connectivity index (χ3v) is 2.59. The molecule has 0 bridgehead atoms. The Morgan fingerprint density at radius 2 is 1.84 bits per heavy atom. The number of hydrogen-bond acceptors (Lipinski definition) is 5. The average molecular weight is 269 g/mol. The molecule has 1 amide bonds. The minimum absolute atomic E-state index is 0.0144. The van der Waals surface area contributed by atoms with Gasteiger partial charge in [0.2, 0.25) is 0 Å². The van der Waals surface area contributed by atoms with E-state index in [1.54, 1.807) is 4.90 Å². The van der Waals surface area contributed by atoms with Gasteiger partial charge in [0, 0.05) is 32.9 Å². The summed E-state index contributed by atoms with van der Waals surface area (Å²) in [5.74, 6) is -0.464. The number of rotatable bonds is 9. The maximum atomic E-state index is 12.0. The summed E-state index contributed by atoms with van der Waals surface area (Å²) >= 11 is 0. The van der Waals surface area contributed by atoms with Crippen molar-refractivity contribution in [3.8, 4) is 6.07 Å². The van der Waals surface area contributed by atoms with Gasteiger partial charge in [-0.05, 0) is 6.42 Å². The van der Waals surface area contributed by atoms with E-state index in [-0.39, 0.29) is 31.9 Å². The maximum Gasteiger partial charge on any atom is 0.266 e. The SMILES string of the molecule is CCCCN(C)/C=C(/C#N)C(=O)N(CCO)CCO. The van der Waals surface area contributed by atoms with Crippen LogP contribution >= 0.6 is 0 Å². The average Bonchev–Trinajstić information content (AvgIpc) is 2.41. The molecule has 0 aliphatic rings. The summed E-state index contributed by atoms with van der Waals surface area (Å²) in [7, 11) is 1.81. The van der Waals surface area contributed by atoms with Gasteiger partial charge in [0.25, 0.3) is 5.91 Å². The first-order chi connectivity index (χ1) is 9.10. The van der Waals surface area contributed by atoms with E-state index >= 15 is 0 Å². The van der Waals surface area contributed by atoms with Crippen molar-refractivity contribution in [2.45, 2.75) is 19.8 Å². The number of aliphatic hydroxyl groups excluding tert-OH is 2. The van der Waals surface area contributed by atoms with Crippen molar-refractivity contribution in [3.05, 3.63) is 11.8 Å². The molecule has 0 atom stereocenters. The quantitative estimate of drug-likeness (QED) is 0.452. The van der Waals surface area contributed by atoms with Crippen LogP contribution in [-0.4, -0.2) is 65.8 Å². The molecule has 0 spiro atoms. The summed E-state index contributed by atoms with van der Waals surface area (Å²) in [5, 5.41) is 26.8. The summed E-state index contributed by atoms with van der Waals surface area (Å²) < 4.78 is 0. The van der Waals surface area contributed by atoms with Crippen LogP contribution in [0, 0.1) is 11.3 Å². The van der Waals surface area contributed by atoms with Gasteiger partial charge in [-0.2, -0.15) is 5.26 Å². The molecule has 0 fully saturated rings. The van der Waals surface area contributed by atoms with Crippen molar-refractivity contribution in [1.29, 1.82) is 5.26 Å². The molecule has 0 aromatic carbocycles. The number of carbonyl (C=O) groups is 1. The molecule has 0 heterocycles. The van der Waals surface area contributed by atoms with E-state index in [9.17, 15) is 4.79 Å². The second-order valence-corrected chi connectivity index (χ2v) is 4.23. The largest absolute Gasteiger partial charge is 0.395 e. The Kier molecular flexibility index (Phi) is 9.49. The van der Waals surface area contributed by atoms with Gasteiger partial charge in [0.1, 0.15) is 11.6 Å². The molecular weight excluding hydrogens is 246 g/mol. The van der Waals surface area contributed by atoms with Crippen molar-refractivity contribution < 1.29 is 15.0 Å². The lowest BCUT2D eigenvalue weighted by atomic mass is 10.2. The van der Waals surface area contributed by atoms with Crippen molar-refractivity contribution in [1.82, 2.24) is 9.80 Å². The van der Waals surface area contributed by atoms with Crippen LogP contribution in [0.15, 0.2) is 11.8 Å². The van der Waals surface area contributed by atoms with Gasteiger partial charge in [0.15, 0.2) is 0 Å². The molecule has 0 aromatic rings. The highest BCUT2D eigenvalue weighted by atomic mass is 16.3. The highest BCUT2D eigenvalue weighted by molar-refractivity contribution is 5.97. The zero-order valence-corrected chi connectivity index (χ0v) is 11.7. The molecule has 2 N–H and O–H groups in total. The first kappa shape index (κ1) is 17.4. The van der Waals surface area contributed by atoms with Gasteiger partial charge < -0.3 is 20.0 Å². The van der Waals surface area contributed by atoms with Crippen molar-refractivity contribution in [2.24, 2.45) is 0 Å². The lowest BCUT2D eigenvalue weighted by Crippen LogP contribution is -2.37. The molecule has 0 saturated heterocycles. The molecule has 0 rings (SSSR count). The summed E-state index contributed by atoms with van der Waals surface area (Å²) in [5.41, 5.74) is 0.0144. The first-order valence-corrected chi connectivity index (χ1v) is 6.43. The molecule has 0 aliphatic heterocycles. The molecule has 108 valence electrons. The molecule has 0 unspecified atom stereocenters. The fraction of sp³-hybridized carbons (Fsp3) is 0.692. The molecule has 6 nitrogen and oxygen atoms in total. The van der Waals surface area contributed by atoms with Gasteiger partial charge >= 0.3 is 0 Å². The van der Waals surface area contributed by atoms with Gasteiger partial charge in [0.05, 0.1) is 13.2 Å². The van der Waals surface area contributed by atoms with Crippen molar-refractivity contribution >= 4 is 5.91 Å². The van der Waals surface area contributed by atoms with Gasteiger partial charge in [-0.1, -0.05) is 13.3 Å². The van der Waals surface area contributed by atoms with Crippen LogP contribution in [-0.2, 0) is 4.79 Å². The van der Waals surface area contributed by atoms with Gasteiger partial charge in [-0.3, -0.25) is 4.79 Å². The van der Waals surface area contributed by atoms with E-state index in [1.807, 2.05) is 13.1 Å². The third kappa shape index (κ3) is 6.79. The molecular formula is C13H23N3O3. The Morgan fingerprint density at radius 1 is 1.26 bits per heavy atom. The molecule has 0 radical (unpaired) electrons. The number of carbonyl (C=O) groups excluding carboxylic acids is 1. The van der Waals surface area contributed by atoms with E-state index in [2.05, 4.69) is 6.92 Å². The highest BCUT2D eigenvalue weighted by Gasteiger charge is 2.17. The van der Waals surface area contributed by atoms with Crippen molar-refractivity contribution in [2.75, 3.05) is 39.9 Å². The second-order valence-electron chi connectivity index (χ2n) is 4.23. The van der Waals surface area contributed by atoms with E-state index in [1.165, 1.54) is 11.1 Å². The highest BCUT2D eigenvalue weighted by Crippen LogP contribution is 2.04. The number of aliphatic hydroxyl groups is 2. The number of hydrogen-bond donors (Lipinski definition) is 2. The summed E-state index contributed by atoms with van der Waals surface area (Å²) in [6.45, 7) is 2.66. The smallest absolute Gasteiger partial charge is 0.266 e. The van der Waals surface area contributed by atoms with Crippen LogP contribution in [0.4, 0.5) is 0 Å². The Bertz CT molecular complexity index is 331. The Balaban J connectivity index is 4.76. The van der Waals surface area contributed by atoms with E-state index in [0.29, 0.717) is 0 Å². The predicted octanol–water partition coefficient (Wildman–Crippen LogP) is -0.0610. The monoisotopic (exact) mass is 269 g/mol. The minimum Gasteiger partial charge on any atom is -0.395 e. The van der Waals surface area contributed by atoms with Crippen LogP contribution in [0.5, 0.6) is 0 Å². The minimum atomic E-state index is -0.464. The number of unbranched alkanes of at least 4 members (excludes halogenated alkanes) is 1. The third-order valence-electron chi connectivity index (χ3n) is 2.59. The standard InChI is InChI=1S/C13H23N3O3/c1-3-4-5-15(2)11-12(10-14)13(19)16(6-8-17)7-9-18/h11,17-18H,3-9H2,1-2H3/b12-11-. The second kappa shape index (κ2) is 10.4. The van der Waals surface area contributed by atoms with Crippen LogP contribution in [0.3, 0.4) is 0 Å². The van der Waals surface area contributed by atoms with Crippen molar-refractivity contribution in [3.63, 3.8) is 0 Å². The normalized spacial score (nSPS) is 11.0. The topological polar surface area (TPSA) is 87.8 Å². The molecule has 19 heavy (non-hydrogen) atoms. The van der Waals surface area contributed by atoms with Gasteiger partial charge in [-0.25, -0.2) is 0 Å². The lowest BCUT2D eigenvalue weighted by Gasteiger charge is -2.21. The fourth-order valence-corrected chi connectivity index (χ4v) is 1.55.